The highest BCUT2D eigenvalue weighted by atomic mass is 19.1. The normalized spacial score (nSPS) is 14.1. The summed E-state index contributed by atoms with van der Waals surface area (Å²) in [6.45, 7) is 5.54. The van der Waals surface area contributed by atoms with E-state index in [2.05, 4.69) is 30.4 Å². The quantitative estimate of drug-likeness (QED) is 0.866. The Labute approximate surface area is 141 Å². The number of halogens is 1. The number of aryl methyl sites for hydroxylation is 1. The van der Waals surface area contributed by atoms with Crippen LogP contribution in [0.5, 0.6) is 0 Å². The van der Waals surface area contributed by atoms with Crippen molar-refractivity contribution in [2.45, 2.75) is 45.6 Å². The zero-order chi connectivity index (χ0) is 17.3. The molecule has 1 aliphatic rings. The summed E-state index contributed by atoms with van der Waals surface area (Å²) in [4.78, 5) is 22.9. The van der Waals surface area contributed by atoms with Crippen molar-refractivity contribution in [2.24, 2.45) is 7.05 Å². The molecular weight excluding hydrogens is 307 g/mol. The molecule has 0 spiro atoms. The summed E-state index contributed by atoms with van der Waals surface area (Å²) >= 11 is 0. The number of rotatable bonds is 4. The van der Waals surface area contributed by atoms with Crippen LogP contribution in [0.3, 0.4) is 0 Å². The first-order valence-electron chi connectivity index (χ1n) is 8.37. The Morgan fingerprint density at radius 3 is 2.88 bits per heavy atom. The van der Waals surface area contributed by atoms with Gasteiger partial charge in [0.25, 0.3) is 0 Å². The molecule has 0 saturated carbocycles. The molecule has 0 saturated heterocycles. The molecule has 0 fully saturated rings. The smallest absolute Gasteiger partial charge is 0.223 e. The average Bonchev–Trinajstić information content (AvgIpc) is 2.89. The van der Waals surface area contributed by atoms with Gasteiger partial charge in [-0.1, -0.05) is 13.8 Å². The van der Waals surface area contributed by atoms with Gasteiger partial charge in [-0.3, -0.25) is 9.78 Å². The molecule has 0 radical (unpaired) electrons. The Balaban J connectivity index is 1.64. The van der Waals surface area contributed by atoms with Crippen molar-refractivity contribution < 1.29 is 9.18 Å². The molecule has 3 rings (SSSR count). The van der Waals surface area contributed by atoms with Crippen LogP contribution in [0.2, 0.25) is 0 Å². The highest BCUT2D eigenvalue weighted by molar-refractivity contribution is 5.76. The highest BCUT2D eigenvalue weighted by Gasteiger charge is 2.26. The molecule has 0 aromatic carbocycles. The van der Waals surface area contributed by atoms with Gasteiger partial charge in [0.2, 0.25) is 5.91 Å². The van der Waals surface area contributed by atoms with E-state index in [1.54, 1.807) is 6.20 Å². The first-order chi connectivity index (χ1) is 11.5. The number of imidazole rings is 1. The van der Waals surface area contributed by atoms with Gasteiger partial charge in [-0.25, -0.2) is 9.37 Å². The maximum Gasteiger partial charge on any atom is 0.223 e. The van der Waals surface area contributed by atoms with E-state index < -0.39 is 0 Å². The van der Waals surface area contributed by atoms with Crippen LogP contribution < -0.4 is 0 Å². The van der Waals surface area contributed by atoms with E-state index in [0.29, 0.717) is 31.8 Å². The molecule has 2 aromatic heterocycles. The summed E-state index contributed by atoms with van der Waals surface area (Å²) < 4.78 is 15.3. The van der Waals surface area contributed by atoms with Gasteiger partial charge >= 0.3 is 0 Å². The number of amides is 1. The van der Waals surface area contributed by atoms with E-state index in [4.69, 9.17) is 4.98 Å². The van der Waals surface area contributed by atoms with E-state index in [0.717, 1.165) is 23.5 Å². The van der Waals surface area contributed by atoms with Gasteiger partial charge in [0.05, 0.1) is 18.4 Å². The third-order valence-corrected chi connectivity index (χ3v) is 4.55. The number of hydrogen-bond donors (Lipinski definition) is 0. The van der Waals surface area contributed by atoms with Crippen LogP contribution in [0.15, 0.2) is 18.5 Å². The highest BCUT2D eigenvalue weighted by Crippen LogP contribution is 2.23. The monoisotopic (exact) mass is 330 g/mol. The fraction of sp³-hybridized carbons (Fsp3) is 0.500. The van der Waals surface area contributed by atoms with Crippen LogP contribution in [-0.2, 0) is 31.2 Å². The lowest BCUT2D eigenvalue weighted by atomic mass is 10.1. The number of hydrogen-bond acceptors (Lipinski definition) is 3. The van der Waals surface area contributed by atoms with Crippen LogP contribution in [0.1, 0.15) is 49.0 Å². The Morgan fingerprint density at radius 2 is 2.17 bits per heavy atom. The lowest BCUT2D eigenvalue weighted by Gasteiger charge is -2.27. The van der Waals surface area contributed by atoms with E-state index in [1.165, 1.54) is 18.0 Å². The Kier molecular flexibility index (Phi) is 4.64. The first kappa shape index (κ1) is 16.6. The Hall–Kier alpha value is -2.24. The molecule has 6 heteroatoms. The molecule has 0 atom stereocenters. The third-order valence-electron chi connectivity index (χ3n) is 4.55. The van der Waals surface area contributed by atoms with Crippen molar-refractivity contribution in [1.82, 2.24) is 19.4 Å². The summed E-state index contributed by atoms with van der Waals surface area (Å²) in [6, 6.07) is 1.43. The molecule has 0 bridgehead atoms. The minimum atomic E-state index is -0.364. The second-order valence-electron chi connectivity index (χ2n) is 6.65. The number of aromatic nitrogens is 3. The summed E-state index contributed by atoms with van der Waals surface area (Å²) in [6.07, 6.45) is 4.48. The Bertz CT molecular complexity index is 753. The third kappa shape index (κ3) is 3.32. The van der Waals surface area contributed by atoms with Crippen LogP contribution in [0.4, 0.5) is 4.39 Å². The zero-order valence-electron chi connectivity index (χ0n) is 14.4. The van der Waals surface area contributed by atoms with Crippen molar-refractivity contribution in [3.8, 4) is 0 Å². The fourth-order valence-electron chi connectivity index (χ4n) is 3.28. The van der Waals surface area contributed by atoms with Gasteiger partial charge in [-0.15, -0.1) is 0 Å². The number of fused-ring (bicyclic) bond motifs is 1. The lowest BCUT2D eigenvalue weighted by molar-refractivity contribution is -0.132. The molecule has 0 unspecified atom stereocenters. The molecule has 128 valence electrons. The van der Waals surface area contributed by atoms with Crippen LogP contribution >= 0.6 is 0 Å². The molecule has 3 heterocycles. The van der Waals surface area contributed by atoms with Crippen molar-refractivity contribution in [3.05, 3.63) is 47.1 Å². The van der Waals surface area contributed by atoms with Gasteiger partial charge in [0, 0.05) is 44.2 Å². The summed E-state index contributed by atoms with van der Waals surface area (Å²) in [5.74, 6) is 1.16. The van der Waals surface area contributed by atoms with E-state index >= 15 is 0 Å². The maximum atomic E-state index is 13.1. The van der Waals surface area contributed by atoms with Crippen molar-refractivity contribution in [2.75, 3.05) is 6.54 Å². The van der Waals surface area contributed by atoms with Gasteiger partial charge in [-0.2, -0.15) is 0 Å². The standard InChI is InChI=1S/C18H23FN4O/c1-12(2)18-21-15-11-23(7-6-16(15)22(18)3)17(24)5-4-13-8-14(19)10-20-9-13/h8-10,12H,4-7,11H2,1-3H3. The predicted octanol–water partition coefficient (Wildman–Crippen LogP) is 2.60. The SMILES string of the molecule is CC(C)c1nc2c(n1C)CCN(C(=O)CCc1cncc(F)c1)C2. The van der Waals surface area contributed by atoms with Gasteiger partial charge in [-0.05, 0) is 18.1 Å². The fourth-order valence-corrected chi connectivity index (χ4v) is 3.28. The van der Waals surface area contributed by atoms with Crippen molar-refractivity contribution in [3.63, 3.8) is 0 Å². The summed E-state index contributed by atoms with van der Waals surface area (Å²) in [7, 11) is 2.05. The number of pyridine rings is 1. The number of carbonyl (C=O) groups is 1. The molecule has 2 aromatic rings. The van der Waals surface area contributed by atoms with Crippen molar-refractivity contribution in [1.29, 1.82) is 0 Å². The lowest BCUT2D eigenvalue weighted by Crippen LogP contribution is -2.36. The molecule has 5 nitrogen and oxygen atoms in total. The predicted molar refractivity (Wildman–Crippen MR) is 88.9 cm³/mol. The second kappa shape index (κ2) is 6.71. The maximum absolute atomic E-state index is 13.1. The molecule has 0 aliphatic carbocycles. The summed E-state index contributed by atoms with van der Waals surface area (Å²) in [5, 5.41) is 0. The zero-order valence-corrected chi connectivity index (χ0v) is 14.4. The number of carbonyl (C=O) groups excluding carboxylic acids is 1. The average molecular weight is 330 g/mol. The molecule has 0 N–H and O–H groups in total. The van der Waals surface area contributed by atoms with E-state index in [-0.39, 0.29) is 11.7 Å². The molecule has 24 heavy (non-hydrogen) atoms. The molecule has 1 aliphatic heterocycles. The van der Waals surface area contributed by atoms with Gasteiger partial charge < -0.3 is 9.47 Å². The summed E-state index contributed by atoms with van der Waals surface area (Å²) in [5.41, 5.74) is 2.99. The van der Waals surface area contributed by atoms with Crippen LogP contribution in [0, 0.1) is 5.82 Å². The molecule has 1 amide bonds. The van der Waals surface area contributed by atoms with Crippen LogP contribution in [-0.4, -0.2) is 31.9 Å². The largest absolute Gasteiger partial charge is 0.336 e. The van der Waals surface area contributed by atoms with Crippen LogP contribution in [0.25, 0.3) is 0 Å². The molecular formula is C18H23FN4O. The first-order valence-corrected chi connectivity index (χ1v) is 8.37. The second-order valence-corrected chi connectivity index (χ2v) is 6.65. The van der Waals surface area contributed by atoms with Crippen molar-refractivity contribution >= 4 is 5.91 Å². The number of nitrogens with zero attached hydrogens (tertiary/aromatic N) is 4. The van der Waals surface area contributed by atoms with Gasteiger partial charge in [0.1, 0.15) is 11.6 Å². The minimum Gasteiger partial charge on any atom is -0.336 e. The minimum absolute atomic E-state index is 0.0849. The Morgan fingerprint density at radius 1 is 1.38 bits per heavy atom. The topological polar surface area (TPSA) is 51.0 Å². The van der Waals surface area contributed by atoms with E-state index in [9.17, 15) is 9.18 Å². The van der Waals surface area contributed by atoms with E-state index in [1.807, 2.05) is 4.90 Å². The van der Waals surface area contributed by atoms with Gasteiger partial charge in [0.15, 0.2) is 0 Å².